The first kappa shape index (κ1) is 53.9. The lowest BCUT2D eigenvalue weighted by molar-refractivity contribution is -0.167. The molecular weight excluding hydrogens is 709 g/mol. The van der Waals surface area contributed by atoms with Gasteiger partial charge in [-0.3, -0.25) is 14.4 Å². The molecule has 0 radical (unpaired) electrons. The molecule has 0 heterocycles. The van der Waals surface area contributed by atoms with Crippen molar-refractivity contribution in [2.75, 3.05) is 13.2 Å². The van der Waals surface area contributed by atoms with Crippen LogP contribution in [-0.4, -0.2) is 37.2 Å². The van der Waals surface area contributed by atoms with Crippen LogP contribution in [-0.2, 0) is 28.6 Å². The Morgan fingerprint density at radius 3 is 1.25 bits per heavy atom. The largest absolute Gasteiger partial charge is 0.462 e. The third-order valence-corrected chi connectivity index (χ3v) is 9.71. The lowest BCUT2D eigenvalue weighted by Crippen LogP contribution is -2.30. The van der Waals surface area contributed by atoms with Crippen LogP contribution in [0, 0.1) is 0 Å². The number of unbranched alkanes of at least 4 members (excludes halogenated alkanes) is 19. The van der Waals surface area contributed by atoms with Gasteiger partial charge in [0.25, 0.3) is 0 Å². The average Bonchev–Trinajstić information content (AvgIpc) is 3.21. The normalized spacial score (nSPS) is 12.7. The molecule has 0 spiro atoms. The van der Waals surface area contributed by atoms with Crippen molar-refractivity contribution in [3.8, 4) is 0 Å². The van der Waals surface area contributed by atoms with E-state index in [0.717, 1.165) is 77.0 Å². The predicted octanol–water partition coefficient (Wildman–Crippen LogP) is 15.1. The minimum Gasteiger partial charge on any atom is -0.462 e. The molecule has 0 aromatic rings. The second-order valence-corrected chi connectivity index (χ2v) is 15.3. The Balaban J connectivity index is 4.48. The molecule has 1 unspecified atom stereocenters. The van der Waals surface area contributed by atoms with Crippen LogP contribution in [0.4, 0.5) is 0 Å². The van der Waals surface area contributed by atoms with E-state index in [1.165, 1.54) is 89.9 Å². The minimum absolute atomic E-state index is 0.103. The van der Waals surface area contributed by atoms with Gasteiger partial charge in [-0.2, -0.15) is 0 Å². The van der Waals surface area contributed by atoms with E-state index >= 15 is 0 Å². The molecule has 0 aliphatic heterocycles. The summed E-state index contributed by atoms with van der Waals surface area (Å²) in [5, 5.41) is 0. The molecule has 6 heteroatoms. The van der Waals surface area contributed by atoms with E-state index in [1.807, 2.05) is 0 Å². The number of carbonyl (C=O) groups is 3. The van der Waals surface area contributed by atoms with Gasteiger partial charge < -0.3 is 14.2 Å². The molecular formula is C51H86O6. The van der Waals surface area contributed by atoms with E-state index in [1.54, 1.807) is 0 Å². The van der Waals surface area contributed by atoms with Crippen molar-refractivity contribution in [3.05, 3.63) is 72.9 Å². The van der Waals surface area contributed by atoms with Crippen molar-refractivity contribution in [1.29, 1.82) is 0 Å². The number of hydrogen-bond acceptors (Lipinski definition) is 6. The van der Waals surface area contributed by atoms with Gasteiger partial charge in [-0.15, -0.1) is 0 Å². The first-order chi connectivity index (χ1) is 28.0. The summed E-state index contributed by atoms with van der Waals surface area (Å²) < 4.78 is 16.6. The number of carbonyl (C=O) groups excluding carboxylic acids is 3. The van der Waals surface area contributed by atoms with E-state index in [4.69, 9.17) is 14.2 Å². The molecule has 1 atom stereocenters. The fraction of sp³-hybridized carbons (Fsp3) is 0.706. The van der Waals surface area contributed by atoms with Gasteiger partial charge in [-0.1, -0.05) is 190 Å². The Morgan fingerprint density at radius 2 is 0.719 bits per heavy atom. The van der Waals surface area contributed by atoms with Crippen LogP contribution < -0.4 is 0 Å². The monoisotopic (exact) mass is 795 g/mol. The molecule has 0 aliphatic carbocycles. The Morgan fingerprint density at radius 1 is 0.368 bits per heavy atom. The highest BCUT2D eigenvalue weighted by Gasteiger charge is 2.19. The standard InChI is InChI=1S/C51H86O6/c1-4-7-10-13-16-19-22-23-24-25-26-27-30-32-35-38-41-44-50(53)56-47-48(57-51(54)45-42-39-36-33-29-21-18-15-12-9-6-3)46-55-49(52)43-40-37-34-31-28-20-17-14-11-8-5-2/h15-16,18-19,21,23-24,26-27,29,32,35,48H,4-14,17,20,22,25,28,30-31,33-34,36-47H2,1-3H3/b18-15-,19-16-,24-23-,27-26-,29-21-,35-32-. The van der Waals surface area contributed by atoms with Crippen LogP contribution in [0.1, 0.15) is 213 Å². The van der Waals surface area contributed by atoms with Gasteiger partial charge in [-0.05, 0) is 77.0 Å². The Labute approximate surface area is 351 Å². The zero-order valence-corrected chi connectivity index (χ0v) is 37.1. The summed E-state index contributed by atoms with van der Waals surface area (Å²) in [4.78, 5) is 37.7. The predicted molar refractivity (Wildman–Crippen MR) is 242 cm³/mol. The van der Waals surface area contributed by atoms with Crippen LogP contribution in [0.25, 0.3) is 0 Å². The van der Waals surface area contributed by atoms with E-state index in [-0.39, 0.29) is 44.0 Å². The van der Waals surface area contributed by atoms with Crippen molar-refractivity contribution in [2.45, 2.75) is 219 Å². The van der Waals surface area contributed by atoms with E-state index in [2.05, 4.69) is 93.7 Å². The maximum atomic E-state index is 12.7. The molecule has 326 valence electrons. The van der Waals surface area contributed by atoms with Crippen LogP contribution in [0.5, 0.6) is 0 Å². The topological polar surface area (TPSA) is 78.9 Å². The van der Waals surface area contributed by atoms with Crippen molar-refractivity contribution in [1.82, 2.24) is 0 Å². The van der Waals surface area contributed by atoms with Gasteiger partial charge >= 0.3 is 17.9 Å². The lowest BCUT2D eigenvalue weighted by atomic mass is 10.1. The summed E-state index contributed by atoms with van der Waals surface area (Å²) in [5.74, 6) is -0.995. The van der Waals surface area contributed by atoms with Crippen LogP contribution in [0.3, 0.4) is 0 Å². The quantitative estimate of drug-likeness (QED) is 0.0202. The summed E-state index contributed by atoms with van der Waals surface area (Å²) in [6.45, 7) is 6.46. The average molecular weight is 795 g/mol. The summed E-state index contributed by atoms with van der Waals surface area (Å²) >= 11 is 0. The Kier molecular flexibility index (Phi) is 43.0. The second kappa shape index (κ2) is 45.6. The van der Waals surface area contributed by atoms with Gasteiger partial charge in [0, 0.05) is 19.3 Å². The number of allylic oxidation sites excluding steroid dienone is 12. The zero-order chi connectivity index (χ0) is 41.5. The molecule has 6 nitrogen and oxygen atoms in total. The molecule has 0 saturated carbocycles. The van der Waals surface area contributed by atoms with Crippen molar-refractivity contribution in [2.24, 2.45) is 0 Å². The van der Waals surface area contributed by atoms with Crippen molar-refractivity contribution in [3.63, 3.8) is 0 Å². The molecule has 0 N–H and O–H groups in total. The number of hydrogen-bond donors (Lipinski definition) is 0. The first-order valence-electron chi connectivity index (χ1n) is 23.5. The molecule has 0 aromatic carbocycles. The maximum Gasteiger partial charge on any atom is 0.306 e. The maximum absolute atomic E-state index is 12.7. The molecule has 0 amide bonds. The third-order valence-electron chi connectivity index (χ3n) is 9.71. The fourth-order valence-corrected chi connectivity index (χ4v) is 6.12. The number of esters is 3. The zero-order valence-electron chi connectivity index (χ0n) is 37.1. The van der Waals surface area contributed by atoms with E-state index in [0.29, 0.717) is 12.8 Å². The van der Waals surface area contributed by atoms with Crippen LogP contribution >= 0.6 is 0 Å². The molecule has 0 bridgehead atoms. The fourth-order valence-electron chi connectivity index (χ4n) is 6.12. The van der Waals surface area contributed by atoms with Gasteiger partial charge in [0.15, 0.2) is 6.10 Å². The minimum atomic E-state index is -0.807. The van der Waals surface area contributed by atoms with Gasteiger partial charge in [0.1, 0.15) is 13.2 Å². The van der Waals surface area contributed by atoms with Crippen LogP contribution in [0.2, 0.25) is 0 Å². The van der Waals surface area contributed by atoms with E-state index in [9.17, 15) is 14.4 Å². The SMILES string of the molecule is CCCC/C=C\C=C/CCCCCC(=O)OC(COC(=O)CCC/C=C\C/C=C\C/C=C\C/C=C\CCCCC)COC(=O)CCCCCCCCCCCCC. The first-order valence-corrected chi connectivity index (χ1v) is 23.5. The lowest BCUT2D eigenvalue weighted by Gasteiger charge is -2.18. The molecule has 57 heavy (non-hydrogen) atoms. The Bertz CT molecular complexity index is 1100. The van der Waals surface area contributed by atoms with Crippen molar-refractivity contribution >= 4 is 17.9 Å². The smallest absolute Gasteiger partial charge is 0.306 e. The van der Waals surface area contributed by atoms with Crippen LogP contribution in [0.15, 0.2) is 72.9 Å². The summed E-state index contributed by atoms with van der Waals surface area (Å²) in [6, 6.07) is 0. The molecule has 0 aromatic heterocycles. The second-order valence-electron chi connectivity index (χ2n) is 15.3. The van der Waals surface area contributed by atoms with Crippen molar-refractivity contribution < 1.29 is 28.6 Å². The molecule has 0 rings (SSSR count). The Hall–Kier alpha value is -3.15. The number of ether oxygens (including phenoxy) is 3. The van der Waals surface area contributed by atoms with E-state index < -0.39 is 6.10 Å². The summed E-state index contributed by atoms with van der Waals surface area (Å²) in [6.07, 6.45) is 56.0. The summed E-state index contributed by atoms with van der Waals surface area (Å²) in [7, 11) is 0. The molecule has 0 aliphatic rings. The van der Waals surface area contributed by atoms with Gasteiger partial charge in [0.05, 0.1) is 0 Å². The third kappa shape index (κ3) is 43.8. The highest BCUT2D eigenvalue weighted by molar-refractivity contribution is 5.71. The number of rotatable bonds is 41. The van der Waals surface area contributed by atoms with Gasteiger partial charge in [-0.25, -0.2) is 0 Å². The van der Waals surface area contributed by atoms with Gasteiger partial charge in [0.2, 0.25) is 0 Å². The highest BCUT2D eigenvalue weighted by Crippen LogP contribution is 2.13. The summed E-state index contributed by atoms with van der Waals surface area (Å²) in [5.41, 5.74) is 0. The highest BCUT2D eigenvalue weighted by atomic mass is 16.6. The molecule has 0 saturated heterocycles. The molecule has 0 fully saturated rings.